The molecular weight excluding hydrogens is 309 g/mol. The van der Waals surface area contributed by atoms with Crippen LogP contribution in [-0.2, 0) is 0 Å². The molecular formula is C18H20FN3O2. The van der Waals surface area contributed by atoms with Crippen LogP contribution in [0.1, 0.15) is 28.9 Å². The number of ether oxygens (including phenoxy) is 1. The van der Waals surface area contributed by atoms with Gasteiger partial charge in [0.2, 0.25) is 5.88 Å². The van der Waals surface area contributed by atoms with Crippen LogP contribution in [0.25, 0.3) is 0 Å². The molecule has 126 valence electrons. The van der Waals surface area contributed by atoms with Crippen LogP contribution in [0.2, 0.25) is 0 Å². The first-order chi connectivity index (χ1) is 11.6. The molecule has 24 heavy (non-hydrogen) atoms. The first kappa shape index (κ1) is 16.4. The number of pyridine rings is 2. The van der Waals surface area contributed by atoms with Crippen molar-refractivity contribution in [3.63, 3.8) is 0 Å². The van der Waals surface area contributed by atoms with E-state index in [0.29, 0.717) is 25.6 Å². The first-order valence-corrected chi connectivity index (χ1v) is 8.09. The summed E-state index contributed by atoms with van der Waals surface area (Å²) in [4.78, 5) is 22.2. The number of halogens is 1. The van der Waals surface area contributed by atoms with Crippen molar-refractivity contribution in [2.75, 3.05) is 19.7 Å². The molecule has 1 amide bonds. The summed E-state index contributed by atoms with van der Waals surface area (Å²) in [5.41, 5.74) is 0.980. The lowest BCUT2D eigenvalue weighted by Gasteiger charge is -2.32. The number of amides is 1. The average Bonchev–Trinajstić information content (AvgIpc) is 2.60. The van der Waals surface area contributed by atoms with Gasteiger partial charge in [-0.05, 0) is 31.9 Å². The molecule has 5 nitrogen and oxygen atoms in total. The molecule has 0 N–H and O–H groups in total. The second kappa shape index (κ2) is 7.38. The first-order valence-electron chi connectivity index (χ1n) is 8.09. The van der Waals surface area contributed by atoms with E-state index in [4.69, 9.17) is 4.74 Å². The number of carbonyl (C=O) groups excluding carboxylic acids is 1. The number of hydrogen-bond donors (Lipinski definition) is 0. The van der Waals surface area contributed by atoms with Gasteiger partial charge in [0.05, 0.1) is 18.4 Å². The third-order valence-corrected chi connectivity index (χ3v) is 4.14. The maximum Gasteiger partial charge on any atom is 0.256 e. The number of likely N-dealkylation sites (tertiary alicyclic amines) is 1. The zero-order valence-electron chi connectivity index (χ0n) is 13.6. The van der Waals surface area contributed by atoms with Gasteiger partial charge in [-0.25, -0.2) is 9.37 Å². The molecule has 0 aromatic carbocycles. The van der Waals surface area contributed by atoms with Crippen molar-refractivity contribution >= 4 is 5.91 Å². The minimum atomic E-state index is -0.579. The largest absolute Gasteiger partial charge is 0.477 e. The number of piperidine rings is 1. The maximum atomic E-state index is 13.8. The third-order valence-electron chi connectivity index (χ3n) is 4.14. The summed E-state index contributed by atoms with van der Waals surface area (Å²) < 4.78 is 19.5. The number of rotatable bonds is 4. The van der Waals surface area contributed by atoms with E-state index in [1.165, 1.54) is 12.3 Å². The molecule has 2 aromatic heterocycles. The topological polar surface area (TPSA) is 55.3 Å². The summed E-state index contributed by atoms with van der Waals surface area (Å²) >= 11 is 0. The molecule has 2 aromatic rings. The van der Waals surface area contributed by atoms with Crippen molar-refractivity contribution < 1.29 is 13.9 Å². The van der Waals surface area contributed by atoms with Gasteiger partial charge in [-0.15, -0.1) is 0 Å². The predicted octanol–water partition coefficient (Wildman–Crippen LogP) is 2.86. The van der Waals surface area contributed by atoms with E-state index < -0.39 is 5.82 Å². The van der Waals surface area contributed by atoms with E-state index in [0.717, 1.165) is 24.7 Å². The van der Waals surface area contributed by atoms with Crippen LogP contribution in [0.15, 0.2) is 36.7 Å². The standard InChI is InChI=1S/C18H20FN3O2/c1-13-4-2-6-17(21-13)24-12-14-5-3-9-22(11-14)18(23)15-7-8-20-10-16(15)19/h2,4,6-8,10,14H,3,5,9,11-12H2,1H3. The Hall–Kier alpha value is -2.50. The summed E-state index contributed by atoms with van der Waals surface area (Å²) in [7, 11) is 0. The van der Waals surface area contributed by atoms with Crippen LogP contribution in [0.3, 0.4) is 0 Å². The number of hydrogen-bond acceptors (Lipinski definition) is 4. The minimum Gasteiger partial charge on any atom is -0.477 e. The Bertz CT molecular complexity index is 723. The molecule has 0 bridgehead atoms. The van der Waals surface area contributed by atoms with E-state index in [1.54, 1.807) is 4.90 Å². The second-order valence-electron chi connectivity index (χ2n) is 6.04. The van der Waals surface area contributed by atoms with Crippen LogP contribution in [-0.4, -0.2) is 40.5 Å². The van der Waals surface area contributed by atoms with Gasteiger partial charge in [0.1, 0.15) is 0 Å². The monoisotopic (exact) mass is 329 g/mol. The van der Waals surface area contributed by atoms with Crippen molar-refractivity contribution in [3.05, 3.63) is 53.7 Å². The normalized spacial score (nSPS) is 17.6. The average molecular weight is 329 g/mol. The van der Waals surface area contributed by atoms with Crippen molar-refractivity contribution in [2.24, 2.45) is 5.92 Å². The lowest BCUT2D eigenvalue weighted by atomic mass is 9.98. The maximum absolute atomic E-state index is 13.8. The van der Waals surface area contributed by atoms with Gasteiger partial charge >= 0.3 is 0 Å². The molecule has 0 radical (unpaired) electrons. The van der Waals surface area contributed by atoms with Crippen molar-refractivity contribution in [2.45, 2.75) is 19.8 Å². The quantitative estimate of drug-likeness (QED) is 0.865. The fourth-order valence-corrected chi connectivity index (χ4v) is 2.91. The molecule has 0 aliphatic carbocycles. The Labute approximate surface area is 140 Å². The zero-order chi connectivity index (χ0) is 16.9. The number of carbonyl (C=O) groups is 1. The Morgan fingerprint density at radius 2 is 2.29 bits per heavy atom. The molecule has 1 aliphatic heterocycles. The minimum absolute atomic E-state index is 0.0759. The van der Waals surface area contributed by atoms with Gasteiger partial charge in [-0.3, -0.25) is 9.78 Å². The van der Waals surface area contributed by atoms with E-state index in [-0.39, 0.29) is 17.4 Å². The summed E-state index contributed by atoms with van der Waals surface area (Å²) in [5.74, 6) is -0.0494. The van der Waals surface area contributed by atoms with Gasteiger partial charge in [0.15, 0.2) is 5.82 Å². The van der Waals surface area contributed by atoms with E-state index in [2.05, 4.69) is 9.97 Å². The van der Waals surface area contributed by atoms with Crippen molar-refractivity contribution in [3.8, 4) is 5.88 Å². The SMILES string of the molecule is Cc1cccc(OCC2CCCN(C(=O)c3ccncc3F)C2)n1. The number of aromatic nitrogens is 2. The number of nitrogens with zero attached hydrogens (tertiary/aromatic N) is 3. The Kier molecular flexibility index (Phi) is 5.03. The van der Waals surface area contributed by atoms with Crippen molar-refractivity contribution in [1.82, 2.24) is 14.9 Å². The van der Waals surface area contributed by atoms with Gasteiger partial charge in [-0.1, -0.05) is 6.07 Å². The van der Waals surface area contributed by atoms with E-state index in [9.17, 15) is 9.18 Å². The van der Waals surface area contributed by atoms with E-state index >= 15 is 0 Å². The Morgan fingerprint density at radius 1 is 1.42 bits per heavy atom. The summed E-state index contributed by atoms with van der Waals surface area (Å²) in [5, 5.41) is 0. The second-order valence-corrected chi connectivity index (χ2v) is 6.04. The van der Waals surface area contributed by atoms with Crippen LogP contribution in [0.4, 0.5) is 4.39 Å². The molecule has 1 atom stereocenters. The van der Waals surface area contributed by atoms with Gasteiger partial charge < -0.3 is 9.64 Å². The van der Waals surface area contributed by atoms with Gasteiger partial charge in [0.25, 0.3) is 5.91 Å². The molecule has 6 heteroatoms. The van der Waals surface area contributed by atoms with Crippen LogP contribution < -0.4 is 4.74 Å². The number of aryl methyl sites for hydroxylation is 1. The molecule has 1 fully saturated rings. The van der Waals surface area contributed by atoms with Crippen LogP contribution in [0.5, 0.6) is 5.88 Å². The fourth-order valence-electron chi connectivity index (χ4n) is 2.91. The molecule has 1 saturated heterocycles. The summed E-state index contributed by atoms with van der Waals surface area (Å²) in [6, 6.07) is 7.07. The summed E-state index contributed by atoms with van der Waals surface area (Å²) in [6.07, 6.45) is 4.37. The zero-order valence-corrected chi connectivity index (χ0v) is 13.6. The highest BCUT2D eigenvalue weighted by atomic mass is 19.1. The molecule has 3 heterocycles. The molecule has 0 spiro atoms. The highest BCUT2D eigenvalue weighted by Crippen LogP contribution is 2.20. The highest BCUT2D eigenvalue weighted by molar-refractivity contribution is 5.94. The Balaban J connectivity index is 1.60. The molecule has 0 saturated carbocycles. The lowest BCUT2D eigenvalue weighted by Crippen LogP contribution is -2.41. The van der Waals surface area contributed by atoms with E-state index in [1.807, 2.05) is 25.1 Å². The van der Waals surface area contributed by atoms with Crippen molar-refractivity contribution in [1.29, 1.82) is 0 Å². The molecule has 3 rings (SSSR count). The van der Waals surface area contributed by atoms with Gasteiger partial charge in [-0.2, -0.15) is 0 Å². The molecule has 1 aliphatic rings. The summed E-state index contributed by atoms with van der Waals surface area (Å²) in [6.45, 7) is 3.61. The fraction of sp³-hybridized carbons (Fsp3) is 0.389. The molecule has 1 unspecified atom stereocenters. The van der Waals surface area contributed by atoms with Crippen LogP contribution in [0, 0.1) is 18.7 Å². The Morgan fingerprint density at radius 3 is 3.08 bits per heavy atom. The smallest absolute Gasteiger partial charge is 0.256 e. The predicted molar refractivity (Wildman–Crippen MR) is 87.3 cm³/mol. The van der Waals surface area contributed by atoms with Gasteiger partial charge in [0, 0.05) is 37.0 Å². The highest BCUT2D eigenvalue weighted by Gasteiger charge is 2.26. The third kappa shape index (κ3) is 3.88. The lowest BCUT2D eigenvalue weighted by molar-refractivity contribution is 0.0626. The van der Waals surface area contributed by atoms with Crippen LogP contribution >= 0.6 is 0 Å².